The van der Waals surface area contributed by atoms with E-state index in [9.17, 15) is 9.59 Å². The first kappa shape index (κ1) is 29.6. The molecule has 0 amide bonds. The summed E-state index contributed by atoms with van der Waals surface area (Å²) in [7, 11) is 0. The molecule has 0 aliphatic heterocycles. The second-order valence-corrected chi connectivity index (χ2v) is 9.31. The molecule has 0 bridgehead atoms. The van der Waals surface area contributed by atoms with Crippen molar-refractivity contribution in [3.05, 3.63) is 42.5 Å². The fraction of sp³-hybridized carbons (Fsp3) is 0.600. The van der Waals surface area contributed by atoms with Crippen LogP contribution in [0.15, 0.2) is 42.5 Å². The third-order valence-electron chi connectivity index (χ3n) is 6.30. The van der Waals surface area contributed by atoms with Gasteiger partial charge in [0.05, 0.1) is 31.7 Å². The highest BCUT2D eigenvalue weighted by molar-refractivity contribution is 5.83. The Morgan fingerprint density at radius 1 is 0.750 bits per heavy atom. The Kier molecular flexibility index (Phi) is 14.6. The molecule has 0 saturated carbocycles. The number of carbonyl (C=O) groups is 2. The molecule has 0 fully saturated rings. The molecule has 2 unspecified atom stereocenters. The molecule has 6 heteroatoms. The highest BCUT2D eigenvalue weighted by Gasteiger charge is 2.25. The smallest absolute Gasteiger partial charge is 0.308 e. The van der Waals surface area contributed by atoms with Crippen LogP contribution in [-0.4, -0.2) is 45.0 Å². The lowest BCUT2D eigenvalue weighted by molar-refractivity contribution is -0.153. The molecule has 2 atom stereocenters. The van der Waals surface area contributed by atoms with E-state index >= 15 is 0 Å². The van der Waals surface area contributed by atoms with Crippen LogP contribution in [-0.2, 0) is 23.8 Å². The van der Waals surface area contributed by atoms with Crippen LogP contribution in [0.25, 0.3) is 10.8 Å². The molecular formula is C30H44O6. The molecule has 6 nitrogen and oxygen atoms in total. The number of rotatable bonds is 19. The lowest BCUT2D eigenvalue weighted by Crippen LogP contribution is -2.25. The van der Waals surface area contributed by atoms with Crippen LogP contribution in [0.1, 0.15) is 72.1 Å². The van der Waals surface area contributed by atoms with E-state index in [1.807, 2.05) is 37.3 Å². The summed E-state index contributed by atoms with van der Waals surface area (Å²) in [6.45, 7) is 7.70. The third-order valence-corrected chi connectivity index (χ3v) is 6.30. The molecule has 0 saturated heterocycles. The first-order valence-corrected chi connectivity index (χ1v) is 13.6. The van der Waals surface area contributed by atoms with Crippen molar-refractivity contribution in [3.8, 4) is 5.75 Å². The number of hydrogen-bond acceptors (Lipinski definition) is 6. The zero-order valence-electron chi connectivity index (χ0n) is 22.3. The average molecular weight is 501 g/mol. The van der Waals surface area contributed by atoms with E-state index in [4.69, 9.17) is 18.9 Å². The van der Waals surface area contributed by atoms with Gasteiger partial charge in [-0.15, -0.1) is 0 Å². The molecule has 2 aromatic carbocycles. The number of esters is 2. The highest BCUT2D eigenvalue weighted by atomic mass is 16.6. The summed E-state index contributed by atoms with van der Waals surface area (Å²) in [5.74, 6) is -0.369. The predicted molar refractivity (Wildman–Crippen MR) is 143 cm³/mol. The van der Waals surface area contributed by atoms with E-state index in [1.54, 1.807) is 6.92 Å². The van der Waals surface area contributed by atoms with Crippen molar-refractivity contribution in [1.29, 1.82) is 0 Å². The van der Waals surface area contributed by atoms with Crippen LogP contribution in [0.3, 0.4) is 0 Å². The largest absolute Gasteiger partial charge is 0.491 e. The van der Waals surface area contributed by atoms with Crippen molar-refractivity contribution < 1.29 is 28.5 Å². The molecule has 2 rings (SSSR count). The quantitative estimate of drug-likeness (QED) is 0.157. The second kappa shape index (κ2) is 17.8. The van der Waals surface area contributed by atoms with Gasteiger partial charge in [0, 0.05) is 0 Å². The maximum absolute atomic E-state index is 12.4. The predicted octanol–water partition coefficient (Wildman–Crippen LogP) is 6.73. The summed E-state index contributed by atoms with van der Waals surface area (Å²) in [6.07, 6.45) is 7.99. The Morgan fingerprint density at radius 3 is 2.22 bits per heavy atom. The first-order valence-electron chi connectivity index (χ1n) is 13.6. The fourth-order valence-electron chi connectivity index (χ4n) is 4.05. The summed E-state index contributed by atoms with van der Waals surface area (Å²) in [5, 5.41) is 2.31. The molecule has 0 aliphatic carbocycles. The zero-order chi connectivity index (χ0) is 26.0. The number of unbranched alkanes of at least 4 members (excludes halogenated alkanes) is 5. The van der Waals surface area contributed by atoms with Crippen molar-refractivity contribution >= 4 is 22.7 Å². The molecule has 0 aromatic heterocycles. The lowest BCUT2D eigenvalue weighted by atomic mass is 9.94. The van der Waals surface area contributed by atoms with Gasteiger partial charge < -0.3 is 18.9 Å². The van der Waals surface area contributed by atoms with Gasteiger partial charge in [0.15, 0.2) is 0 Å². The Hall–Kier alpha value is -2.60. The Morgan fingerprint density at radius 2 is 1.44 bits per heavy atom. The van der Waals surface area contributed by atoms with Crippen molar-refractivity contribution in [2.45, 2.75) is 72.1 Å². The van der Waals surface area contributed by atoms with Gasteiger partial charge in [0.1, 0.15) is 19.0 Å². The summed E-state index contributed by atoms with van der Waals surface area (Å²) in [4.78, 5) is 24.7. The van der Waals surface area contributed by atoms with Crippen molar-refractivity contribution in [2.75, 3.05) is 33.0 Å². The molecule has 200 valence electrons. The number of hydrogen-bond donors (Lipinski definition) is 0. The van der Waals surface area contributed by atoms with E-state index in [-0.39, 0.29) is 30.4 Å². The van der Waals surface area contributed by atoms with Gasteiger partial charge in [-0.2, -0.15) is 0 Å². The van der Waals surface area contributed by atoms with Crippen LogP contribution in [0, 0.1) is 11.8 Å². The minimum Gasteiger partial charge on any atom is -0.491 e. The van der Waals surface area contributed by atoms with E-state index < -0.39 is 0 Å². The monoisotopic (exact) mass is 500 g/mol. The Bertz CT molecular complexity index is 896. The Labute approximate surface area is 216 Å². The molecule has 0 heterocycles. The van der Waals surface area contributed by atoms with Crippen molar-refractivity contribution in [3.63, 3.8) is 0 Å². The van der Waals surface area contributed by atoms with Gasteiger partial charge >= 0.3 is 11.9 Å². The molecule has 36 heavy (non-hydrogen) atoms. The fourth-order valence-corrected chi connectivity index (χ4v) is 4.05. The summed E-state index contributed by atoms with van der Waals surface area (Å²) in [6, 6.07) is 14.1. The highest BCUT2D eigenvalue weighted by Crippen LogP contribution is 2.21. The molecular weight excluding hydrogens is 456 g/mol. The molecule has 2 aromatic rings. The summed E-state index contributed by atoms with van der Waals surface area (Å²) < 4.78 is 22.0. The van der Waals surface area contributed by atoms with E-state index in [0.29, 0.717) is 39.3 Å². The van der Waals surface area contributed by atoms with Gasteiger partial charge in [-0.1, -0.05) is 83.2 Å². The van der Waals surface area contributed by atoms with Crippen LogP contribution >= 0.6 is 0 Å². The number of benzene rings is 2. The minimum atomic E-state index is -0.368. The van der Waals surface area contributed by atoms with Crippen LogP contribution in [0.4, 0.5) is 0 Å². The van der Waals surface area contributed by atoms with Gasteiger partial charge in [0.25, 0.3) is 0 Å². The van der Waals surface area contributed by atoms with Gasteiger partial charge in [-0.3, -0.25) is 9.59 Å². The minimum absolute atomic E-state index is 0.179. The number of ether oxygens (including phenoxy) is 4. The van der Waals surface area contributed by atoms with E-state index in [0.717, 1.165) is 24.0 Å². The topological polar surface area (TPSA) is 71.1 Å². The first-order chi connectivity index (χ1) is 17.5. The van der Waals surface area contributed by atoms with Gasteiger partial charge in [-0.05, 0) is 42.2 Å². The van der Waals surface area contributed by atoms with Gasteiger partial charge in [-0.25, -0.2) is 0 Å². The number of fused-ring (bicyclic) bond motifs is 1. The molecule has 0 N–H and O–H groups in total. The molecule has 0 spiro atoms. The van der Waals surface area contributed by atoms with Gasteiger partial charge in [0.2, 0.25) is 0 Å². The second-order valence-electron chi connectivity index (χ2n) is 9.31. The van der Waals surface area contributed by atoms with Crippen molar-refractivity contribution in [2.24, 2.45) is 11.8 Å². The van der Waals surface area contributed by atoms with Crippen LogP contribution in [0.2, 0.25) is 0 Å². The number of carbonyl (C=O) groups excluding carboxylic acids is 2. The lowest BCUT2D eigenvalue weighted by Gasteiger charge is -2.18. The summed E-state index contributed by atoms with van der Waals surface area (Å²) in [5.41, 5.74) is 0. The maximum Gasteiger partial charge on any atom is 0.308 e. The van der Waals surface area contributed by atoms with Crippen molar-refractivity contribution in [1.82, 2.24) is 0 Å². The zero-order valence-corrected chi connectivity index (χ0v) is 22.3. The SMILES string of the molecule is CCCCCCCCOC(=O)C(CC)CC(C)C(=O)OCCOCCOc1ccc2ccccc2c1. The standard InChI is InChI=1S/C30H44O6/c1-4-6-7-8-9-12-17-35-30(32)25(5-2)22-24(3)29(31)36-21-19-33-18-20-34-28-16-15-26-13-10-11-14-27(26)23-28/h10-11,13-16,23-25H,4-9,12,17-22H2,1-3H3. The molecule has 0 radical (unpaired) electrons. The van der Waals surface area contributed by atoms with E-state index in [1.165, 1.54) is 31.1 Å². The third kappa shape index (κ3) is 11.4. The van der Waals surface area contributed by atoms with E-state index in [2.05, 4.69) is 19.1 Å². The maximum atomic E-state index is 12.4. The van der Waals surface area contributed by atoms with Crippen LogP contribution < -0.4 is 4.74 Å². The average Bonchev–Trinajstić information content (AvgIpc) is 2.90. The summed E-state index contributed by atoms with van der Waals surface area (Å²) >= 11 is 0. The van der Waals surface area contributed by atoms with Crippen LogP contribution in [0.5, 0.6) is 5.75 Å². The Balaban J connectivity index is 1.54. The molecule has 0 aliphatic rings. The normalized spacial score (nSPS) is 12.8.